The summed E-state index contributed by atoms with van der Waals surface area (Å²) in [4.78, 5) is 37.4. The van der Waals surface area contributed by atoms with Crippen molar-refractivity contribution in [2.45, 2.75) is 0 Å². The van der Waals surface area contributed by atoms with E-state index in [4.69, 9.17) is 0 Å². The standard InChI is InChI=1S/C13H10N4O4/c18-12(15-9-4-3-7-14-8-9)13(19)16-10-5-1-2-6-11(10)17(20)21/h1-8H,(H,15,18)(H,16,19). The minimum atomic E-state index is -1.01. The van der Waals surface area contributed by atoms with Crippen LogP contribution in [-0.2, 0) is 9.59 Å². The molecule has 0 aliphatic heterocycles. The van der Waals surface area contributed by atoms with Gasteiger partial charge >= 0.3 is 11.8 Å². The molecule has 0 bridgehead atoms. The number of rotatable bonds is 3. The molecule has 1 aromatic heterocycles. The van der Waals surface area contributed by atoms with Crippen molar-refractivity contribution >= 4 is 28.9 Å². The highest BCUT2D eigenvalue weighted by Gasteiger charge is 2.19. The number of nitro benzene ring substituents is 1. The van der Waals surface area contributed by atoms with Crippen LogP contribution in [0.3, 0.4) is 0 Å². The monoisotopic (exact) mass is 286 g/mol. The second kappa shape index (κ2) is 6.24. The largest absolute Gasteiger partial charge is 0.316 e. The van der Waals surface area contributed by atoms with E-state index in [-0.39, 0.29) is 11.4 Å². The smallest absolute Gasteiger partial charge is 0.314 e. The highest BCUT2D eigenvalue weighted by Crippen LogP contribution is 2.22. The number of anilines is 2. The lowest BCUT2D eigenvalue weighted by Crippen LogP contribution is -2.29. The van der Waals surface area contributed by atoms with E-state index in [2.05, 4.69) is 15.6 Å². The third-order valence-electron chi connectivity index (χ3n) is 2.47. The fraction of sp³-hybridized carbons (Fsp3) is 0. The van der Waals surface area contributed by atoms with Crippen LogP contribution in [0.2, 0.25) is 0 Å². The van der Waals surface area contributed by atoms with Crippen LogP contribution < -0.4 is 10.6 Å². The highest BCUT2D eigenvalue weighted by molar-refractivity contribution is 6.43. The van der Waals surface area contributed by atoms with Crippen molar-refractivity contribution in [3.05, 3.63) is 58.9 Å². The fourth-order valence-corrected chi connectivity index (χ4v) is 1.54. The van der Waals surface area contributed by atoms with Crippen molar-refractivity contribution in [3.8, 4) is 0 Å². The van der Waals surface area contributed by atoms with Gasteiger partial charge in [0.15, 0.2) is 0 Å². The summed E-state index contributed by atoms with van der Waals surface area (Å²) in [5.74, 6) is -1.95. The number of carbonyl (C=O) groups excluding carboxylic acids is 2. The number of pyridine rings is 1. The van der Waals surface area contributed by atoms with Crippen LogP contribution in [0.1, 0.15) is 0 Å². The number of nitro groups is 1. The molecule has 1 aromatic carbocycles. The van der Waals surface area contributed by atoms with Crippen molar-refractivity contribution < 1.29 is 14.5 Å². The number of nitrogens with one attached hydrogen (secondary N) is 2. The van der Waals surface area contributed by atoms with Crippen molar-refractivity contribution in [2.24, 2.45) is 0 Å². The minimum Gasteiger partial charge on any atom is -0.316 e. The van der Waals surface area contributed by atoms with Crippen molar-refractivity contribution in [2.75, 3.05) is 10.6 Å². The number of hydrogen-bond acceptors (Lipinski definition) is 5. The van der Waals surface area contributed by atoms with Gasteiger partial charge in [0.2, 0.25) is 0 Å². The fourth-order valence-electron chi connectivity index (χ4n) is 1.54. The van der Waals surface area contributed by atoms with Crippen LogP contribution in [0.4, 0.5) is 17.1 Å². The van der Waals surface area contributed by atoms with Crippen molar-refractivity contribution in [1.29, 1.82) is 0 Å². The molecule has 21 heavy (non-hydrogen) atoms. The van der Waals surface area contributed by atoms with E-state index in [1.165, 1.54) is 36.7 Å². The zero-order valence-electron chi connectivity index (χ0n) is 10.6. The Morgan fingerprint density at radius 2 is 1.76 bits per heavy atom. The van der Waals surface area contributed by atoms with Gasteiger partial charge in [0, 0.05) is 12.3 Å². The summed E-state index contributed by atoms with van der Waals surface area (Å²) in [7, 11) is 0. The molecule has 1 heterocycles. The second-order valence-corrected chi connectivity index (χ2v) is 3.92. The maximum absolute atomic E-state index is 11.7. The van der Waals surface area contributed by atoms with Crippen LogP contribution in [0.25, 0.3) is 0 Å². The van der Waals surface area contributed by atoms with E-state index in [1.807, 2.05) is 0 Å². The zero-order chi connectivity index (χ0) is 15.2. The molecular formula is C13H10N4O4. The number of hydrogen-bond donors (Lipinski definition) is 2. The molecule has 8 heteroatoms. The van der Waals surface area contributed by atoms with Crippen LogP contribution in [0, 0.1) is 10.1 Å². The van der Waals surface area contributed by atoms with Gasteiger partial charge in [0.05, 0.1) is 16.8 Å². The summed E-state index contributed by atoms with van der Waals surface area (Å²) in [6, 6.07) is 8.70. The Morgan fingerprint density at radius 1 is 1.05 bits per heavy atom. The van der Waals surface area contributed by atoms with Crippen LogP contribution in [-0.4, -0.2) is 21.7 Å². The molecule has 0 spiro atoms. The summed E-state index contributed by atoms with van der Waals surface area (Å²) < 4.78 is 0. The molecule has 2 amide bonds. The maximum atomic E-state index is 11.7. The molecule has 0 fully saturated rings. The molecule has 2 rings (SSSR count). The predicted molar refractivity (Wildman–Crippen MR) is 74.6 cm³/mol. The van der Waals surface area contributed by atoms with Gasteiger partial charge in [0.25, 0.3) is 5.69 Å². The van der Waals surface area contributed by atoms with Crippen molar-refractivity contribution in [3.63, 3.8) is 0 Å². The summed E-state index contributed by atoms with van der Waals surface area (Å²) in [6.07, 6.45) is 2.89. The summed E-state index contributed by atoms with van der Waals surface area (Å²) >= 11 is 0. The molecule has 0 atom stereocenters. The van der Waals surface area contributed by atoms with Gasteiger partial charge in [-0.1, -0.05) is 12.1 Å². The topological polar surface area (TPSA) is 114 Å². The molecule has 0 unspecified atom stereocenters. The lowest BCUT2D eigenvalue weighted by atomic mass is 10.2. The zero-order valence-corrected chi connectivity index (χ0v) is 10.6. The molecule has 106 valence electrons. The number of amides is 2. The number of nitrogens with zero attached hydrogens (tertiary/aromatic N) is 2. The van der Waals surface area contributed by atoms with Gasteiger partial charge in [-0.05, 0) is 18.2 Å². The highest BCUT2D eigenvalue weighted by atomic mass is 16.6. The predicted octanol–water partition coefficient (Wildman–Crippen LogP) is 1.57. The lowest BCUT2D eigenvalue weighted by molar-refractivity contribution is -0.383. The van der Waals surface area contributed by atoms with Crippen molar-refractivity contribution in [1.82, 2.24) is 4.98 Å². The number of carbonyl (C=O) groups is 2. The Balaban J connectivity index is 2.08. The Labute approximate surface area is 119 Å². The van der Waals surface area contributed by atoms with Crippen LogP contribution in [0.5, 0.6) is 0 Å². The number of aromatic nitrogens is 1. The van der Waals surface area contributed by atoms with E-state index in [0.29, 0.717) is 5.69 Å². The van der Waals surface area contributed by atoms with Crippen LogP contribution >= 0.6 is 0 Å². The third kappa shape index (κ3) is 3.60. The Morgan fingerprint density at radius 3 is 2.43 bits per heavy atom. The third-order valence-corrected chi connectivity index (χ3v) is 2.47. The first-order chi connectivity index (χ1) is 10.1. The van der Waals surface area contributed by atoms with Gasteiger partial charge in [-0.25, -0.2) is 0 Å². The second-order valence-electron chi connectivity index (χ2n) is 3.92. The Kier molecular flexibility index (Phi) is 4.20. The average Bonchev–Trinajstić information content (AvgIpc) is 2.48. The molecule has 0 radical (unpaired) electrons. The molecule has 0 aliphatic carbocycles. The quantitative estimate of drug-likeness (QED) is 0.505. The van der Waals surface area contributed by atoms with Gasteiger partial charge < -0.3 is 10.6 Å². The van der Waals surface area contributed by atoms with Gasteiger partial charge in [-0.3, -0.25) is 24.7 Å². The minimum absolute atomic E-state index is 0.0474. The number of para-hydroxylation sites is 2. The first kappa shape index (κ1) is 14.1. The first-order valence-corrected chi connectivity index (χ1v) is 5.83. The van der Waals surface area contributed by atoms with Gasteiger partial charge in [-0.2, -0.15) is 0 Å². The maximum Gasteiger partial charge on any atom is 0.314 e. The summed E-state index contributed by atoms with van der Waals surface area (Å²) in [5, 5.41) is 15.3. The molecule has 0 aliphatic rings. The van der Waals surface area contributed by atoms with Gasteiger partial charge in [0.1, 0.15) is 5.69 Å². The molecule has 0 saturated heterocycles. The average molecular weight is 286 g/mol. The van der Waals surface area contributed by atoms with E-state index in [1.54, 1.807) is 12.1 Å². The molecular weight excluding hydrogens is 276 g/mol. The molecule has 2 aromatic rings. The summed E-state index contributed by atoms with van der Waals surface area (Å²) in [6.45, 7) is 0. The van der Waals surface area contributed by atoms with E-state index < -0.39 is 16.7 Å². The molecule has 0 saturated carbocycles. The van der Waals surface area contributed by atoms with E-state index >= 15 is 0 Å². The molecule has 2 N–H and O–H groups in total. The number of benzene rings is 1. The Hall–Kier alpha value is -3.29. The van der Waals surface area contributed by atoms with Gasteiger partial charge in [-0.15, -0.1) is 0 Å². The molecule has 8 nitrogen and oxygen atoms in total. The van der Waals surface area contributed by atoms with Crippen LogP contribution in [0.15, 0.2) is 48.8 Å². The van der Waals surface area contributed by atoms with E-state index in [0.717, 1.165) is 0 Å². The summed E-state index contributed by atoms with van der Waals surface area (Å²) in [5.41, 5.74) is 0.00840. The first-order valence-electron chi connectivity index (χ1n) is 5.83. The normalized spacial score (nSPS) is 9.71. The Bertz CT molecular complexity index is 688. The lowest BCUT2D eigenvalue weighted by Gasteiger charge is -2.06. The van der Waals surface area contributed by atoms with E-state index in [9.17, 15) is 19.7 Å². The SMILES string of the molecule is O=C(Nc1cccnc1)C(=O)Nc1ccccc1[N+](=O)[O-].